The molecular formula is C43H58N4O10. The Morgan fingerprint density at radius 2 is 1.25 bits per heavy atom. The number of nitrogens with zero attached hydrogens (tertiary/aromatic N) is 3. The molecule has 0 aromatic heterocycles. The zero-order valence-electron chi connectivity index (χ0n) is 34.4. The molecule has 0 saturated heterocycles. The average molecular weight is 791 g/mol. The van der Waals surface area contributed by atoms with E-state index in [0.717, 1.165) is 15.4 Å². The summed E-state index contributed by atoms with van der Waals surface area (Å²) in [5, 5.41) is 23.6. The van der Waals surface area contributed by atoms with Gasteiger partial charge in [-0.2, -0.15) is 0 Å². The molecular weight excluding hydrogens is 732 g/mol. The van der Waals surface area contributed by atoms with Gasteiger partial charge in [0.05, 0.1) is 26.4 Å². The zero-order valence-corrected chi connectivity index (χ0v) is 34.4. The number of methoxy groups -OCH3 is 2. The number of aromatic hydroxyl groups is 1. The normalized spacial score (nSPS) is 14.9. The van der Waals surface area contributed by atoms with Crippen molar-refractivity contribution in [2.45, 2.75) is 82.8 Å². The Kier molecular flexibility index (Phi) is 17.5. The van der Waals surface area contributed by atoms with Gasteiger partial charge < -0.3 is 39.5 Å². The number of phenolic OH excluding ortho intramolecular Hbond substituents is 1. The predicted octanol–water partition coefficient (Wildman–Crippen LogP) is 3.01. The Morgan fingerprint density at radius 1 is 0.702 bits per heavy atom. The fraction of sp³-hybridized carbons (Fsp3) is 0.465. The lowest BCUT2D eigenvalue weighted by molar-refractivity contribution is -0.171. The molecule has 0 aliphatic carbocycles. The molecule has 14 heteroatoms. The van der Waals surface area contributed by atoms with E-state index >= 15 is 0 Å². The highest BCUT2D eigenvalue weighted by atomic mass is 16.6. The Bertz CT molecular complexity index is 1770. The molecule has 14 nitrogen and oxygen atoms in total. The number of carbonyl (C=O) groups excluding carboxylic acids is 5. The third-order valence-corrected chi connectivity index (χ3v) is 10.2. The molecule has 0 fully saturated rings. The molecule has 3 aromatic rings. The van der Waals surface area contributed by atoms with Gasteiger partial charge in [-0.25, -0.2) is 9.59 Å². The SMILES string of the molecule is CC[C@H](C)[C@H](NC(=O)[C@@H](Cc1ccc(OC)cc1)N(C)C)C(=O)N(C)[C@H](C(=O)O[C@@H](Cc1ccccc1)C(=O)N(C)[C@@H](Cc1ccc(O)cc1)C(=O)OC)[C@@H](C)O. The molecule has 3 rings (SSSR count). The number of rotatable bonds is 20. The first-order chi connectivity index (χ1) is 27.0. The summed E-state index contributed by atoms with van der Waals surface area (Å²) in [5.74, 6) is -3.19. The molecule has 3 N–H and O–H groups in total. The first kappa shape index (κ1) is 45.9. The molecule has 310 valence electrons. The van der Waals surface area contributed by atoms with E-state index in [2.05, 4.69) is 5.32 Å². The van der Waals surface area contributed by atoms with Gasteiger partial charge in [-0.3, -0.25) is 19.3 Å². The zero-order chi connectivity index (χ0) is 42.4. The molecule has 3 amide bonds. The van der Waals surface area contributed by atoms with Crippen molar-refractivity contribution >= 4 is 29.7 Å². The first-order valence-corrected chi connectivity index (χ1v) is 18.9. The highest BCUT2D eigenvalue weighted by Gasteiger charge is 2.41. The molecule has 3 aromatic carbocycles. The lowest BCUT2D eigenvalue weighted by atomic mass is 9.95. The van der Waals surface area contributed by atoms with E-state index in [-0.39, 0.29) is 24.5 Å². The smallest absolute Gasteiger partial charge is 0.332 e. The van der Waals surface area contributed by atoms with Crippen LogP contribution in [0.25, 0.3) is 0 Å². The lowest BCUT2D eigenvalue weighted by Crippen LogP contribution is -2.60. The van der Waals surface area contributed by atoms with E-state index in [4.69, 9.17) is 14.2 Å². The van der Waals surface area contributed by atoms with E-state index in [1.165, 1.54) is 40.3 Å². The molecule has 0 aliphatic heterocycles. The second-order valence-corrected chi connectivity index (χ2v) is 14.5. The van der Waals surface area contributed by atoms with Crippen molar-refractivity contribution in [3.05, 3.63) is 95.6 Å². The number of carbonyl (C=O) groups is 5. The number of phenols is 1. The van der Waals surface area contributed by atoms with Gasteiger partial charge in [0.1, 0.15) is 23.6 Å². The first-order valence-electron chi connectivity index (χ1n) is 18.9. The Labute approximate surface area is 335 Å². The van der Waals surface area contributed by atoms with E-state index in [0.29, 0.717) is 29.7 Å². The summed E-state index contributed by atoms with van der Waals surface area (Å²) in [6.45, 7) is 5.01. The summed E-state index contributed by atoms with van der Waals surface area (Å²) in [4.78, 5) is 73.4. The number of hydrogen-bond donors (Lipinski definition) is 3. The minimum atomic E-state index is -1.57. The van der Waals surface area contributed by atoms with Crippen molar-refractivity contribution in [3.8, 4) is 11.5 Å². The van der Waals surface area contributed by atoms with Gasteiger partial charge in [0.15, 0.2) is 12.1 Å². The van der Waals surface area contributed by atoms with Crippen molar-refractivity contribution in [3.63, 3.8) is 0 Å². The highest BCUT2D eigenvalue weighted by Crippen LogP contribution is 2.21. The molecule has 57 heavy (non-hydrogen) atoms. The van der Waals surface area contributed by atoms with Crippen LogP contribution in [0.5, 0.6) is 11.5 Å². The van der Waals surface area contributed by atoms with Crippen LogP contribution in [0.2, 0.25) is 0 Å². The number of likely N-dealkylation sites (N-methyl/N-ethyl adjacent to an activating group) is 3. The van der Waals surface area contributed by atoms with E-state index in [9.17, 15) is 34.2 Å². The van der Waals surface area contributed by atoms with Gasteiger partial charge in [0, 0.05) is 26.9 Å². The number of benzene rings is 3. The minimum Gasteiger partial charge on any atom is -0.508 e. The molecule has 0 radical (unpaired) electrons. The number of hydrogen-bond acceptors (Lipinski definition) is 11. The second-order valence-electron chi connectivity index (χ2n) is 14.5. The van der Waals surface area contributed by atoms with Crippen LogP contribution in [0.1, 0.15) is 43.9 Å². The summed E-state index contributed by atoms with van der Waals surface area (Å²) in [7, 11) is 9.04. The summed E-state index contributed by atoms with van der Waals surface area (Å²) in [6, 6.07) is 17.9. The molecule has 0 unspecified atom stereocenters. The maximum atomic E-state index is 14.3. The number of nitrogens with one attached hydrogen (secondary N) is 1. The van der Waals surface area contributed by atoms with Crippen LogP contribution in [0.4, 0.5) is 0 Å². The van der Waals surface area contributed by atoms with Gasteiger partial charge >= 0.3 is 11.9 Å². The molecule has 0 spiro atoms. The topological polar surface area (TPSA) is 175 Å². The summed E-state index contributed by atoms with van der Waals surface area (Å²) >= 11 is 0. The Morgan fingerprint density at radius 3 is 1.75 bits per heavy atom. The van der Waals surface area contributed by atoms with E-state index in [1.807, 2.05) is 19.1 Å². The van der Waals surface area contributed by atoms with Gasteiger partial charge in [0.25, 0.3) is 5.91 Å². The molecule has 0 heterocycles. The van der Waals surface area contributed by atoms with Gasteiger partial charge in [-0.1, -0.05) is 74.9 Å². The maximum absolute atomic E-state index is 14.3. The van der Waals surface area contributed by atoms with Crippen molar-refractivity contribution in [2.75, 3.05) is 42.4 Å². The van der Waals surface area contributed by atoms with Crippen LogP contribution in [0, 0.1) is 5.92 Å². The number of amides is 3. The van der Waals surface area contributed by atoms with Gasteiger partial charge in [-0.05, 0) is 74.3 Å². The van der Waals surface area contributed by atoms with Gasteiger partial charge in [0.2, 0.25) is 11.8 Å². The molecule has 0 bridgehead atoms. The van der Waals surface area contributed by atoms with Crippen LogP contribution in [0.3, 0.4) is 0 Å². The Balaban J connectivity index is 1.90. The Hall–Kier alpha value is -5.47. The van der Waals surface area contributed by atoms with Crippen LogP contribution in [0.15, 0.2) is 78.9 Å². The second kappa shape index (κ2) is 21.7. The fourth-order valence-corrected chi connectivity index (χ4v) is 6.43. The number of esters is 2. The summed E-state index contributed by atoms with van der Waals surface area (Å²) in [6.07, 6.45) is -2.13. The number of aliphatic hydroxyl groups is 1. The van der Waals surface area contributed by atoms with Crippen molar-refractivity contribution in [1.82, 2.24) is 20.0 Å². The molecule has 0 aliphatic rings. The van der Waals surface area contributed by atoms with Gasteiger partial charge in [-0.15, -0.1) is 0 Å². The predicted molar refractivity (Wildman–Crippen MR) is 214 cm³/mol. The van der Waals surface area contributed by atoms with E-state index in [1.54, 1.807) is 87.6 Å². The van der Waals surface area contributed by atoms with Crippen molar-refractivity contribution in [1.29, 1.82) is 0 Å². The lowest BCUT2D eigenvalue weighted by Gasteiger charge is -2.36. The third kappa shape index (κ3) is 12.8. The van der Waals surface area contributed by atoms with Crippen LogP contribution in [-0.4, -0.2) is 133 Å². The maximum Gasteiger partial charge on any atom is 0.332 e. The summed E-state index contributed by atoms with van der Waals surface area (Å²) in [5.41, 5.74) is 2.16. The monoisotopic (exact) mass is 790 g/mol. The molecule has 0 saturated carbocycles. The van der Waals surface area contributed by atoms with Crippen molar-refractivity contribution in [2.24, 2.45) is 5.92 Å². The van der Waals surface area contributed by atoms with Crippen LogP contribution >= 0.6 is 0 Å². The number of ether oxygens (including phenoxy) is 3. The average Bonchev–Trinajstić information content (AvgIpc) is 3.20. The third-order valence-electron chi connectivity index (χ3n) is 10.2. The molecule has 7 atom stereocenters. The quantitative estimate of drug-likeness (QED) is 0.144. The highest BCUT2D eigenvalue weighted by molar-refractivity contribution is 5.93. The minimum absolute atomic E-state index is 0.0316. The number of aliphatic hydroxyl groups excluding tert-OH is 1. The van der Waals surface area contributed by atoms with Crippen molar-refractivity contribution < 1.29 is 48.4 Å². The van der Waals surface area contributed by atoms with Crippen LogP contribution in [-0.2, 0) is 52.7 Å². The van der Waals surface area contributed by atoms with E-state index < -0.39 is 66.0 Å². The summed E-state index contributed by atoms with van der Waals surface area (Å²) < 4.78 is 16.2. The largest absolute Gasteiger partial charge is 0.508 e. The van der Waals surface area contributed by atoms with Crippen LogP contribution < -0.4 is 10.1 Å². The fourth-order valence-electron chi connectivity index (χ4n) is 6.43. The standard InChI is InChI=1S/C43H58N4O10/c1-10-27(2)37(44-39(50)34(45(4)5)24-31-18-22-33(55-8)23-19-31)41(52)47(7)38(28(3)48)43(54)57-36(26-29-14-12-11-13-15-29)40(51)46(6)35(42(53)56-9)25-30-16-20-32(49)21-17-30/h11-23,27-28,34-38,48-49H,10,24-26H2,1-9H3,(H,44,50)/t27-,28+,34+,35-,36-,37-,38-/m0/s1.